The summed E-state index contributed by atoms with van der Waals surface area (Å²) in [7, 11) is 0. The highest BCUT2D eigenvalue weighted by atomic mass is 35.5. The van der Waals surface area contributed by atoms with Crippen molar-refractivity contribution in [2.75, 3.05) is 6.61 Å². The minimum Gasteiger partial charge on any atom is -0.484 e. The zero-order valence-corrected chi connectivity index (χ0v) is 13.1. The number of halogens is 1. The van der Waals surface area contributed by atoms with E-state index in [0.29, 0.717) is 22.9 Å². The summed E-state index contributed by atoms with van der Waals surface area (Å²) in [6, 6.07) is 6.07. The number of hydrogen-bond donors (Lipinski definition) is 0. The van der Waals surface area contributed by atoms with Crippen LogP contribution in [-0.2, 0) is 4.79 Å². The minimum atomic E-state index is 0.0669. The van der Waals surface area contributed by atoms with Crippen molar-refractivity contribution in [1.82, 2.24) is 4.90 Å². The monoisotopic (exact) mass is 295 g/mol. The first kappa shape index (κ1) is 15.2. The molecule has 110 valence electrons. The predicted molar refractivity (Wildman–Crippen MR) is 81.3 cm³/mol. The fourth-order valence-electron chi connectivity index (χ4n) is 2.84. The minimum absolute atomic E-state index is 0.0669. The second-order valence-corrected chi connectivity index (χ2v) is 6.04. The Hall–Kier alpha value is -1.22. The molecule has 0 bridgehead atoms. The fraction of sp³-hybridized carbons (Fsp3) is 0.562. The number of benzene rings is 1. The van der Waals surface area contributed by atoms with E-state index >= 15 is 0 Å². The molecule has 1 aromatic rings. The topological polar surface area (TPSA) is 29.5 Å². The molecule has 0 unspecified atom stereocenters. The van der Waals surface area contributed by atoms with Crippen LogP contribution in [0.2, 0.25) is 5.02 Å². The van der Waals surface area contributed by atoms with Gasteiger partial charge in [-0.1, -0.05) is 11.6 Å². The molecule has 1 aliphatic heterocycles. The van der Waals surface area contributed by atoms with Gasteiger partial charge in [0.2, 0.25) is 0 Å². The Labute approximate surface area is 125 Å². The molecule has 2 atom stereocenters. The van der Waals surface area contributed by atoms with Crippen LogP contribution in [0.25, 0.3) is 0 Å². The Balaban J connectivity index is 1.95. The van der Waals surface area contributed by atoms with Crippen LogP contribution in [0.3, 0.4) is 0 Å². The van der Waals surface area contributed by atoms with Crippen molar-refractivity contribution >= 4 is 17.5 Å². The lowest BCUT2D eigenvalue weighted by Crippen LogP contribution is -2.49. The Morgan fingerprint density at radius 3 is 2.60 bits per heavy atom. The number of carbonyl (C=O) groups excluding carboxylic acids is 1. The Kier molecular flexibility index (Phi) is 4.92. The van der Waals surface area contributed by atoms with Gasteiger partial charge in [0.1, 0.15) is 5.75 Å². The van der Waals surface area contributed by atoms with Crippen LogP contribution in [-0.4, -0.2) is 29.5 Å². The highest BCUT2D eigenvalue weighted by molar-refractivity contribution is 6.31. The molecular formula is C16H22ClNO2. The third kappa shape index (κ3) is 3.45. The average Bonchev–Trinajstić information content (AvgIpc) is 2.40. The van der Waals surface area contributed by atoms with Gasteiger partial charge in [0.25, 0.3) is 5.91 Å². The maximum atomic E-state index is 12.3. The van der Waals surface area contributed by atoms with Gasteiger partial charge in [-0.05, 0) is 63.8 Å². The van der Waals surface area contributed by atoms with Crippen molar-refractivity contribution in [2.24, 2.45) is 0 Å². The summed E-state index contributed by atoms with van der Waals surface area (Å²) in [6.45, 7) is 6.24. The molecule has 0 radical (unpaired) electrons. The number of amides is 1. The van der Waals surface area contributed by atoms with Crippen LogP contribution >= 0.6 is 11.6 Å². The first-order chi connectivity index (χ1) is 9.49. The van der Waals surface area contributed by atoms with E-state index in [4.69, 9.17) is 16.3 Å². The molecule has 1 aromatic carbocycles. The predicted octanol–water partition coefficient (Wildman–Crippen LogP) is 3.82. The van der Waals surface area contributed by atoms with Gasteiger partial charge < -0.3 is 9.64 Å². The zero-order valence-electron chi connectivity index (χ0n) is 12.4. The van der Waals surface area contributed by atoms with E-state index in [0.717, 1.165) is 18.4 Å². The van der Waals surface area contributed by atoms with Gasteiger partial charge in [-0.2, -0.15) is 0 Å². The van der Waals surface area contributed by atoms with Crippen LogP contribution in [0.5, 0.6) is 5.75 Å². The molecule has 0 N–H and O–H groups in total. The van der Waals surface area contributed by atoms with Gasteiger partial charge in [0.05, 0.1) is 0 Å². The number of nitrogens with zero attached hydrogens (tertiary/aromatic N) is 1. The first-order valence-corrected chi connectivity index (χ1v) is 7.57. The molecule has 1 saturated heterocycles. The summed E-state index contributed by atoms with van der Waals surface area (Å²) in [5.41, 5.74) is 0.955. The van der Waals surface area contributed by atoms with Gasteiger partial charge in [0, 0.05) is 17.1 Å². The van der Waals surface area contributed by atoms with Crippen molar-refractivity contribution in [3.63, 3.8) is 0 Å². The summed E-state index contributed by atoms with van der Waals surface area (Å²) in [4.78, 5) is 14.3. The zero-order chi connectivity index (χ0) is 14.7. The van der Waals surface area contributed by atoms with E-state index in [2.05, 4.69) is 13.8 Å². The summed E-state index contributed by atoms with van der Waals surface area (Å²) in [6.07, 6.45) is 3.36. The third-order valence-electron chi connectivity index (χ3n) is 3.97. The van der Waals surface area contributed by atoms with E-state index in [1.54, 1.807) is 12.1 Å². The Morgan fingerprint density at radius 1 is 1.35 bits per heavy atom. The smallest absolute Gasteiger partial charge is 0.260 e. The highest BCUT2D eigenvalue weighted by Gasteiger charge is 2.28. The summed E-state index contributed by atoms with van der Waals surface area (Å²) < 4.78 is 5.60. The maximum Gasteiger partial charge on any atom is 0.260 e. The second kappa shape index (κ2) is 6.49. The molecule has 0 saturated carbocycles. The van der Waals surface area contributed by atoms with Crippen LogP contribution in [0, 0.1) is 6.92 Å². The lowest BCUT2D eigenvalue weighted by molar-refractivity contribution is -0.139. The van der Waals surface area contributed by atoms with Gasteiger partial charge in [-0.25, -0.2) is 0 Å². The molecule has 1 heterocycles. The molecule has 1 amide bonds. The molecular weight excluding hydrogens is 274 g/mol. The van der Waals surface area contributed by atoms with Crippen LogP contribution < -0.4 is 4.74 Å². The maximum absolute atomic E-state index is 12.3. The number of ether oxygens (including phenoxy) is 1. The van der Waals surface area contributed by atoms with Crippen LogP contribution in [0.15, 0.2) is 18.2 Å². The number of rotatable bonds is 3. The molecule has 20 heavy (non-hydrogen) atoms. The summed E-state index contributed by atoms with van der Waals surface area (Å²) in [5.74, 6) is 0.759. The van der Waals surface area contributed by atoms with Gasteiger partial charge in [-0.3, -0.25) is 4.79 Å². The molecule has 4 heteroatoms. The molecule has 0 spiro atoms. The van der Waals surface area contributed by atoms with Crippen molar-refractivity contribution in [3.8, 4) is 5.75 Å². The lowest BCUT2D eigenvalue weighted by Gasteiger charge is -2.38. The van der Waals surface area contributed by atoms with Crippen molar-refractivity contribution in [3.05, 3.63) is 28.8 Å². The van der Waals surface area contributed by atoms with E-state index in [9.17, 15) is 4.79 Å². The lowest BCUT2D eigenvalue weighted by atomic mass is 9.97. The third-order valence-corrected chi connectivity index (χ3v) is 4.40. The van der Waals surface area contributed by atoms with E-state index < -0.39 is 0 Å². The molecule has 3 nitrogen and oxygen atoms in total. The standard InChI is InChI=1S/C16H22ClNO2/c1-11-9-14(7-8-15(11)17)20-10-16(19)18-12(2)5-4-6-13(18)3/h7-9,12-13H,4-6,10H2,1-3H3/t12-,13-/m1/s1. The summed E-state index contributed by atoms with van der Waals surface area (Å²) >= 11 is 5.97. The quantitative estimate of drug-likeness (QED) is 0.848. The van der Waals surface area contributed by atoms with Crippen molar-refractivity contribution < 1.29 is 9.53 Å². The number of hydrogen-bond acceptors (Lipinski definition) is 2. The molecule has 1 aliphatic rings. The number of piperidine rings is 1. The van der Waals surface area contributed by atoms with Gasteiger partial charge in [-0.15, -0.1) is 0 Å². The molecule has 1 fully saturated rings. The van der Waals surface area contributed by atoms with Crippen molar-refractivity contribution in [1.29, 1.82) is 0 Å². The second-order valence-electron chi connectivity index (χ2n) is 5.63. The number of likely N-dealkylation sites (tertiary alicyclic amines) is 1. The fourth-order valence-corrected chi connectivity index (χ4v) is 2.96. The van der Waals surface area contributed by atoms with Crippen LogP contribution in [0.4, 0.5) is 0 Å². The number of aryl methyl sites for hydroxylation is 1. The largest absolute Gasteiger partial charge is 0.484 e. The van der Waals surface area contributed by atoms with Crippen molar-refractivity contribution in [2.45, 2.75) is 52.1 Å². The van der Waals surface area contributed by atoms with Gasteiger partial charge >= 0.3 is 0 Å². The number of carbonyl (C=O) groups is 1. The molecule has 2 rings (SSSR count). The molecule has 0 aliphatic carbocycles. The Bertz CT molecular complexity index is 479. The van der Waals surface area contributed by atoms with Crippen LogP contribution in [0.1, 0.15) is 38.7 Å². The van der Waals surface area contributed by atoms with Gasteiger partial charge in [0.15, 0.2) is 6.61 Å². The normalized spacial score (nSPS) is 22.7. The first-order valence-electron chi connectivity index (χ1n) is 7.19. The van der Waals surface area contributed by atoms with E-state index in [1.807, 2.05) is 17.9 Å². The average molecular weight is 296 g/mol. The SMILES string of the molecule is Cc1cc(OCC(=O)N2[C@H](C)CCC[C@H]2C)ccc1Cl. The molecule has 0 aromatic heterocycles. The van der Waals surface area contributed by atoms with E-state index in [-0.39, 0.29) is 12.5 Å². The highest BCUT2D eigenvalue weighted by Crippen LogP contribution is 2.24. The Morgan fingerprint density at radius 2 is 2.00 bits per heavy atom. The summed E-state index contributed by atoms with van der Waals surface area (Å²) in [5, 5.41) is 0.710. The van der Waals surface area contributed by atoms with E-state index in [1.165, 1.54) is 6.42 Å².